The number of fused-ring (bicyclic) bond motifs is 1. The Balaban J connectivity index is 1.38. The van der Waals surface area contributed by atoms with E-state index in [0.717, 1.165) is 42.8 Å². The molecule has 5 rings (SSSR count). The molecule has 0 radical (unpaired) electrons. The lowest BCUT2D eigenvalue weighted by atomic mass is 9.90. The number of nitrogens with one attached hydrogen (secondary N) is 1. The Labute approximate surface area is 157 Å². The fourth-order valence-corrected chi connectivity index (χ4v) is 3.76. The lowest BCUT2D eigenvalue weighted by Crippen LogP contribution is -2.13. The molecular weight excluding hydrogens is 338 g/mol. The second-order valence-electron chi connectivity index (χ2n) is 7.40. The van der Waals surface area contributed by atoms with Gasteiger partial charge in [-0.3, -0.25) is 4.79 Å². The van der Waals surface area contributed by atoms with Gasteiger partial charge >= 0.3 is 0 Å². The highest BCUT2D eigenvalue weighted by Crippen LogP contribution is 2.36. The molecule has 1 fully saturated rings. The molecule has 1 aromatic heterocycles. The quantitative estimate of drug-likeness (QED) is 0.769. The van der Waals surface area contributed by atoms with Crippen LogP contribution < -0.4 is 5.32 Å². The second kappa shape index (κ2) is 6.61. The van der Waals surface area contributed by atoms with E-state index in [1.807, 2.05) is 41.1 Å². The number of anilines is 1. The first-order valence-corrected chi connectivity index (χ1v) is 9.59. The van der Waals surface area contributed by atoms with E-state index in [4.69, 9.17) is 0 Å². The Morgan fingerprint density at radius 2 is 1.89 bits per heavy atom. The van der Waals surface area contributed by atoms with Gasteiger partial charge in [0.15, 0.2) is 5.82 Å². The largest absolute Gasteiger partial charge is 0.322 e. The molecule has 0 unspecified atom stereocenters. The number of benzene rings is 2. The van der Waals surface area contributed by atoms with Gasteiger partial charge in [0.25, 0.3) is 5.91 Å². The molecule has 3 aromatic rings. The minimum atomic E-state index is -0.0812. The molecule has 0 aliphatic heterocycles. The number of nitrogens with zero attached hydrogens (tertiary/aromatic N) is 4. The van der Waals surface area contributed by atoms with Gasteiger partial charge in [0, 0.05) is 16.8 Å². The van der Waals surface area contributed by atoms with E-state index < -0.39 is 0 Å². The third kappa shape index (κ3) is 3.23. The van der Waals surface area contributed by atoms with Crippen LogP contribution in [-0.2, 0) is 12.8 Å². The van der Waals surface area contributed by atoms with Crippen LogP contribution in [0.3, 0.4) is 0 Å². The summed E-state index contributed by atoms with van der Waals surface area (Å²) in [5.74, 6) is 0.671. The van der Waals surface area contributed by atoms with Gasteiger partial charge in [-0.2, -0.15) is 0 Å². The zero-order chi connectivity index (χ0) is 18.2. The first kappa shape index (κ1) is 16.2. The molecular formula is C21H21N5O. The first-order chi connectivity index (χ1) is 13.3. The number of amides is 1. The zero-order valence-electron chi connectivity index (χ0n) is 15.1. The molecule has 2 aliphatic carbocycles. The van der Waals surface area contributed by atoms with Crippen molar-refractivity contribution in [2.75, 3.05) is 5.32 Å². The molecule has 0 bridgehead atoms. The van der Waals surface area contributed by atoms with Crippen LogP contribution in [0.25, 0.3) is 11.4 Å². The highest BCUT2D eigenvalue weighted by Gasteiger charge is 2.28. The molecule has 0 saturated heterocycles. The minimum Gasteiger partial charge on any atom is -0.322 e. The van der Waals surface area contributed by atoms with E-state index in [-0.39, 0.29) is 5.91 Å². The Morgan fingerprint density at radius 1 is 1.04 bits per heavy atom. The molecule has 27 heavy (non-hydrogen) atoms. The smallest absolute Gasteiger partial charge is 0.255 e. The number of carbonyl (C=O) groups excluding carboxylic acids is 1. The Morgan fingerprint density at radius 3 is 2.74 bits per heavy atom. The molecule has 1 saturated carbocycles. The van der Waals surface area contributed by atoms with Gasteiger partial charge in [-0.15, -0.1) is 5.10 Å². The van der Waals surface area contributed by atoms with Crippen LogP contribution in [-0.4, -0.2) is 26.1 Å². The maximum Gasteiger partial charge on any atom is 0.255 e. The third-order valence-electron chi connectivity index (χ3n) is 5.37. The van der Waals surface area contributed by atoms with Crippen LogP contribution in [0.2, 0.25) is 0 Å². The van der Waals surface area contributed by atoms with Gasteiger partial charge in [0.05, 0.1) is 6.04 Å². The molecule has 6 heteroatoms. The van der Waals surface area contributed by atoms with Crippen molar-refractivity contribution in [1.82, 2.24) is 20.2 Å². The zero-order valence-corrected chi connectivity index (χ0v) is 15.1. The number of tetrazole rings is 1. The number of rotatable bonds is 4. The molecule has 2 aromatic carbocycles. The second-order valence-corrected chi connectivity index (χ2v) is 7.40. The summed E-state index contributed by atoms with van der Waals surface area (Å²) in [4.78, 5) is 12.7. The molecule has 0 spiro atoms. The van der Waals surface area contributed by atoms with Crippen molar-refractivity contribution in [2.45, 2.75) is 44.6 Å². The van der Waals surface area contributed by atoms with Crippen molar-refractivity contribution in [3.05, 3.63) is 59.2 Å². The topological polar surface area (TPSA) is 72.7 Å². The molecule has 2 aliphatic rings. The molecule has 0 atom stereocenters. The Kier molecular flexibility index (Phi) is 3.96. The number of aryl methyl sites for hydroxylation is 2. The molecule has 1 amide bonds. The summed E-state index contributed by atoms with van der Waals surface area (Å²) >= 11 is 0. The summed E-state index contributed by atoms with van der Waals surface area (Å²) in [5, 5.41) is 15.1. The van der Waals surface area contributed by atoms with Crippen molar-refractivity contribution >= 4 is 11.6 Å². The van der Waals surface area contributed by atoms with Crippen LogP contribution in [0.5, 0.6) is 0 Å². The van der Waals surface area contributed by atoms with Gasteiger partial charge < -0.3 is 5.32 Å². The lowest BCUT2D eigenvalue weighted by Gasteiger charge is -2.16. The molecule has 1 N–H and O–H groups in total. The normalized spacial score (nSPS) is 16.0. The van der Waals surface area contributed by atoms with Gasteiger partial charge in [-0.25, -0.2) is 4.68 Å². The van der Waals surface area contributed by atoms with Crippen LogP contribution in [0.15, 0.2) is 42.5 Å². The number of hydrogen-bond acceptors (Lipinski definition) is 4. The third-order valence-corrected chi connectivity index (χ3v) is 5.37. The maximum atomic E-state index is 12.7. The van der Waals surface area contributed by atoms with Crippen molar-refractivity contribution < 1.29 is 4.79 Å². The first-order valence-electron chi connectivity index (χ1n) is 9.59. The predicted molar refractivity (Wildman–Crippen MR) is 103 cm³/mol. The maximum absolute atomic E-state index is 12.7. The number of carbonyl (C=O) groups is 1. The van der Waals surface area contributed by atoms with Crippen molar-refractivity contribution in [3.8, 4) is 11.4 Å². The molecule has 1 heterocycles. The van der Waals surface area contributed by atoms with Crippen molar-refractivity contribution in [1.29, 1.82) is 0 Å². The highest BCUT2D eigenvalue weighted by molar-refractivity contribution is 6.04. The SMILES string of the molecule is O=C(Nc1cccc(-c2nnnn2C2CC2)c1)c1ccc2c(c1)CCCC2. The average molecular weight is 359 g/mol. The Bertz CT molecular complexity index is 1010. The van der Waals surface area contributed by atoms with Crippen LogP contribution in [0.1, 0.15) is 53.2 Å². The van der Waals surface area contributed by atoms with E-state index in [2.05, 4.69) is 26.9 Å². The summed E-state index contributed by atoms with van der Waals surface area (Å²) < 4.78 is 1.88. The summed E-state index contributed by atoms with van der Waals surface area (Å²) in [6.07, 6.45) is 6.87. The average Bonchev–Trinajstić information content (AvgIpc) is 3.44. The monoisotopic (exact) mass is 359 g/mol. The summed E-state index contributed by atoms with van der Waals surface area (Å²) in [6, 6.07) is 14.2. The van der Waals surface area contributed by atoms with Gasteiger partial charge in [-0.05, 0) is 84.3 Å². The van der Waals surface area contributed by atoms with Crippen molar-refractivity contribution in [2.24, 2.45) is 0 Å². The van der Waals surface area contributed by atoms with E-state index in [1.165, 1.54) is 24.0 Å². The number of aromatic nitrogens is 4. The highest BCUT2D eigenvalue weighted by atomic mass is 16.1. The fourth-order valence-electron chi connectivity index (χ4n) is 3.76. The fraction of sp³-hybridized carbons (Fsp3) is 0.333. The molecule has 6 nitrogen and oxygen atoms in total. The van der Waals surface area contributed by atoms with Gasteiger partial charge in [0.2, 0.25) is 0 Å². The van der Waals surface area contributed by atoms with Crippen LogP contribution in [0.4, 0.5) is 5.69 Å². The summed E-state index contributed by atoms with van der Waals surface area (Å²) in [5.41, 5.74) is 5.07. The summed E-state index contributed by atoms with van der Waals surface area (Å²) in [6.45, 7) is 0. The van der Waals surface area contributed by atoms with E-state index in [1.54, 1.807) is 0 Å². The van der Waals surface area contributed by atoms with Crippen molar-refractivity contribution in [3.63, 3.8) is 0 Å². The van der Waals surface area contributed by atoms with E-state index >= 15 is 0 Å². The predicted octanol–water partition coefficient (Wildman–Crippen LogP) is 3.81. The number of hydrogen-bond donors (Lipinski definition) is 1. The van der Waals surface area contributed by atoms with Crippen LogP contribution >= 0.6 is 0 Å². The van der Waals surface area contributed by atoms with Crippen LogP contribution in [0, 0.1) is 0 Å². The summed E-state index contributed by atoms with van der Waals surface area (Å²) in [7, 11) is 0. The van der Waals surface area contributed by atoms with E-state index in [9.17, 15) is 4.79 Å². The molecule has 136 valence electrons. The lowest BCUT2D eigenvalue weighted by molar-refractivity contribution is 0.102. The van der Waals surface area contributed by atoms with Gasteiger partial charge in [0.1, 0.15) is 0 Å². The van der Waals surface area contributed by atoms with Gasteiger partial charge in [-0.1, -0.05) is 18.2 Å². The standard InChI is InChI=1S/C21H21N5O/c27-21(17-9-8-14-4-1-2-5-15(14)12-17)22-18-7-3-6-16(13-18)20-23-24-25-26(20)19-10-11-19/h3,6-9,12-13,19H,1-2,4-5,10-11H2,(H,22,27). The van der Waals surface area contributed by atoms with E-state index in [0.29, 0.717) is 11.6 Å². The Hall–Kier alpha value is -3.02. The minimum absolute atomic E-state index is 0.0812.